The first-order valence-electron chi connectivity index (χ1n) is 8.31. The Morgan fingerprint density at radius 1 is 1.21 bits per heavy atom. The van der Waals surface area contributed by atoms with Crippen molar-refractivity contribution < 1.29 is 4.74 Å². The molecule has 4 rings (SSSR count). The Hall–Kier alpha value is -2.31. The minimum absolute atomic E-state index is 0.153. The van der Waals surface area contributed by atoms with Gasteiger partial charge in [-0.2, -0.15) is 5.10 Å². The van der Waals surface area contributed by atoms with Gasteiger partial charge >= 0.3 is 0 Å². The van der Waals surface area contributed by atoms with Gasteiger partial charge in [0.1, 0.15) is 5.82 Å². The highest BCUT2D eigenvalue weighted by Gasteiger charge is 2.22. The summed E-state index contributed by atoms with van der Waals surface area (Å²) >= 11 is 0. The number of morpholine rings is 1. The third-order valence-electron chi connectivity index (χ3n) is 4.38. The summed E-state index contributed by atoms with van der Waals surface area (Å²) < 4.78 is 7.79. The maximum absolute atomic E-state index is 5.87. The zero-order valence-corrected chi connectivity index (χ0v) is 13.8. The van der Waals surface area contributed by atoms with Gasteiger partial charge in [-0.15, -0.1) is 0 Å². The van der Waals surface area contributed by atoms with Crippen molar-refractivity contribution in [2.75, 3.05) is 19.7 Å². The molecule has 1 fully saturated rings. The second-order valence-electron chi connectivity index (χ2n) is 6.20. The van der Waals surface area contributed by atoms with E-state index in [4.69, 9.17) is 9.72 Å². The van der Waals surface area contributed by atoms with Gasteiger partial charge < -0.3 is 4.74 Å². The average Bonchev–Trinajstić information content (AvgIpc) is 3.08. The molecule has 3 heterocycles. The summed E-state index contributed by atoms with van der Waals surface area (Å²) in [6.45, 7) is 6.09. The van der Waals surface area contributed by atoms with Crippen LogP contribution in [0.3, 0.4) is 0 Å². The lowest BCUT2D eigenvalue weighted by atomic mass is 10.2. The van der Waals surface area contributed by atoms with E-state index in [1.165, 1.54) is 0 Å². The maximum atomic E-state index is 5.87. The molecule has 1 aliphatic rings. The van der Waals surface area contributed by atoms with Crippen molar-refractivity contribution in [3.05, 3.63) is 54.2 Å². The Bertz CT molecular complexity index is 817. The van der Waals surface area contributed by atoms with Crippen LogP contribution in [-0.4, -0.2) is 50.4 Å². The van der Waals surface area contributed by atoms with Crippen LogP contribution in [0.1, 0.15) is 11.5 Å². The molecule has 0 spiro atoms. The molecule has 0 bridgehead atoms. The van der Waals surface area contributed by atoms with E-state index >= 15 is 0 Å². The number of ether oxygens (including phenoxy) is 1. The highest BCUT2D eigenvalue weighted by Crippen LogP contribution is 2.16. The molecule has 124 valence electrons. The smallest absolute Gasteiger partial charge is 0.143 e. The molecule has 1 saturated heterocycles. The van der Waals surface area contributed by atoms with E-state index in [0.29, 0.717) is 0 Å². The number of aromatic nitrogens is 4. The molecule has 1 aromatic carbocycles. The Morgan fingerprint density at radius 2 is 2.12 bits per heavy atom. The standard InChI is InChI=1S/C18H21N5O/c1-14-16-5-2-3-6-17(16)21-18(20-14)13-22-9-10-24-15(11-22)12-23-8-4-7-19-23/h2-8,15H,9-13H2,1H3/t15-/m1/s1. The van der Waals surface area contributed by atoms with E-state index in [2.05, 4.69) is 21.0 Å². The number of rotatable bonds is 4. The van der Waals surface area contributed by atoms with Gasteiger partial charge in [-0.1, -0.05) is 18.2 Å². The van der Waals surface area contributed by atoms with Crippen molar-refractivity contribution in [1.82, 2.24) is 24.6 Å². The third-order valence-corrected chi connectivity index (χ3v) is 4.38. The number of benzene rings is 1. The van der Waals surface area contributed by atoms with Crippen molar-refractivity contribution >= 4 is 10.9 Å². The monoisotopic (exact) mass is 323 g/mol. The highest BCUT2D eigenvalue weighted by atomic mass is 16.5. The van der Waals surface area contributed by atoms with Crippen molar-refractivity contribution in [3.63, 3.8) is 0 Å². The van der Waals surface area contributed by atoms with Crippen LogP contribution in [0.5, 0.6) is 0 Å². The zero-order valence-electron chi connectivity index (χ0n) is 13.8. The number of fused-ring (bicyclic) bond motifs is 1. The van der Waals surface area contributed by atoms with Crippen molar-refractivity contribution in [1.29, 1.82) is 0 Å². The van der Waals surface area contributed by atoms with E-state index in [-0.39, 0.29) is 6.10 Å². The van der Waals surface area contributed by atoms with Gasteiger partial charge in [-0.05, 0) is 19.1 Å². The Kier molecular flexibility index (Phi) is 4.23. The molecule has 0 aliphatic carbocycles. The van der Waals surface area contributed by atoms with Gasteiger partial charge in [0.2, 0.25) is 0 Å². The summed E-state index contributed by atoms with van der Waals surface area (Å²) in [5.74, 6) is 0.880. The molecule has 1 atom stereocenters. The maximum Gasteiger partial charge on any atom is 0.143 e. The van der Waals surface area contributed by atoms with E-state index in [1.807, 2.05) is 42.1 Å². The molecule has 0 unspecified atom stereocenters. The van der Waals surface area contributed by atoms with E-state index in [0.717, 1.165) is 55.2 Å². The second-order valence-corrected chi connectivity index (χ2v) is 6.20. The SMILES string of the molecule is Cc1nc(CN2CCO[C@@H](Cn3cccn3)C2)nc2ccccc12. The molecule has 1 aliphatic heterocycles. The summed E-state index contributed by atoms with van der Waals surface area (Å²) in [7, 11) is 0. The molecule has 0 N–H and O–H groups in total. The zero-order chi connectivity index (χ0) is 16.4. The Balaban J connectivity index is 1.46. The van der Waals surface area contributed by atoms with E-state index < -0.39 is 0 Å². The van der Waals surface area contributed by atoms with Crippen LogP contribution >= 0.6 is 0 Å². The van der Waals surface area contributed by atoms with E-state index in [1.54, 1.807) is 6.20 Å². The van der Waals surface area contributed by atoms with E-state index in [9.17, 15) is 0 Å². The molecule has 24 heavy (non-hydrogen) atoms. The van der Waals surface area contributed by atoms with Gasteiger partial charge in [0.15, 0.2) is 0 Å². The average molecular weight is 323 g/mol. The molecule has 6 heteroatoms. The molecule has 2 aromatic heterocycles. The van der Waals surface area contributed by atoms with Crippen LogP contribution < -0.4 is 0 Å². The van der Waals surface area contributed by atoms with Crippen LogP contribution in [0.4, 0.5) is 0 Å². The lowest BCUT2D eigenvalue weighted by Gasteiger charge is -2.32. The molecular formula is C18H21N5O. The predicted molar refractivity (Wildman–Crippen MR) is 91.5 cm³/mol. The first-order valence-corrected chi connectivity index (χ1v) is 8.31. The fraction of sp³-hybridized carbons (Fsp3) is 0.389. The van der Waals surface area contributed by atoms with Crippen LogP contribution in [0.15, 0.2) is 42.7 Å². The van der Waals surface area contributed by atoms with Crippen molar-refractivity contribution in [3.8, 4) is 0 Å². The second kappa shape index (κ2) is 6.67. The summed E-state index contributed by atoms with van der Waals surface area (Å²) in [5.41, 5.74) is 2.05. The predicted octanol–water partition coefficient (Wildman–Crippen LogP) is 2.04. The first kappa shape index (κ1) is 15.2. The minimum atomic E-state index is 0.153. The van der Waals surface area contributed by atoms with Gasteiger partial charge in [0.05, 0.1) is 31.3 Å². The van der Waals surface area contributed by atoms with Crippen LogP contribution in [0.2, 0.25) is 0 Å². The first-order chi connectivity index (χ1) is 11.8. The Morgan fingerprint density at radius 3 is 3.00 bits per heavy atom. The number of para-hydroxylation sites is 1. The van der Waals surface area contributed by atoms with Crippen LogP contribution in [-0.2, 0) is 17.8 Å². The molecule has 3 aromatic rings. The number of hydrogen-bond acceptors (Lipinski definition) is 5. The number of aryl methyl sites for hydroxylation is 1. The molecule has 0 amide bonds. The summed E-state index contributed by atoms with van der Waals surface area (Å²) in [6.07, 6.45) is 3.92. The van der Waals surface area contributed by atoms with Gasteiger partial charge in [-0.25, -0.2) is 9.97 Å². The van der Waals surface area contributed by atoms with Crippen molar-refractivity contribution in [2.24, 2.45) is 0 Å². The van der Waals surface area contributed by atoms with Crippen molar-refractivity contribution in [2.45, 2.75) is 26.1 Å². The molecule has 0 radical (unpaired) electrons. The Labute approximate surface area is 141 Å². The minimum Gasteiger partial charge on any atom is -0.374 e. The van der Waals surface area contributed by atoms with Gasteiger partial charge in [0.25, 0.3) is 0 Å². The lowest BCUT2D eigenvalue weighted by Crippen LogP contribution is -2.44. The summed E-state index contributed by atoms with van der Waals surface area (Å²) in [5, 5.41) is 5.38. The lowest BCUT2D eigenvalue weighted by molar-refractivity contribution is -0.0408. The summed E-state index contributed by atoms with van der Waals surface area (Å²) in [6, 6.07) is 10.1. The largest absolute Gasteiger partial charge is 0.374 e. The highest BCUT2D eigenvalue weighted by molar-refractivity contribution is 5.80. The normalized spacial score (nSPS) is 19.0. The fourth-order valence-electron chi connectivity index (χ4n) is 3.22. The van der Waals surface area contributed by atoms with Crippen LogP contribution in [0, 0.1) is 6.92 Å². The van der Waals surface area contributed by atoms with Crippen LogP contribution in [0.25, 0.3) is 10.9 Å². The molecule has 6 nitrogen and oxygen atoms in total. The topological polar surface area (TPSA) is 56.1 Å². The molecular weight excluding hydrogens is 302 g/mol. The molecule has 0 saturated carbocycles. The fourth-order valence-corrected chi connectivity index (χ4v) is 3.22. The van der Waals surface area contributed by atoms with Gasteiger partial charge in [0, 0.05) is 36.6 Å². The van der Waals surface area contributed by atoms with Gasteiger partial charge in [-0.3, -0.25) is 9.58 Å². The third kappa shape index (κ3) is 3.29. The summed E-state index contributed by atoms with van der Waals surface area (Å²) in [4.78, 5) is 11.8. The quantitative estimate of drug-likeness (QED) is 0.735. The number of hydrogen-bond donors (Lipinski definition) is 0. The number of nitrogens with zero attached hydrogens (tertiary/aromatic N) is 5.